The van der Waals surface area contributed by atoms with Crippen LogP contribution in [-0.2, 0) is 6.54 Å². The molecule has 2 aromatic carbocycles. The van der Waals surface area contributed by atoms with E-state index in [1.807, 2.05) is 24.3 Å². The molecule has 3 aromatic rings. The number of methoxy groups -OCH3 is 1. The Morgan fingerprint density at radius 3 is 2.39 bits per heavy atom. The van der Waals surface area contributed by atoms with Gasteiger partial charge in [-0.1, -0.05) is 30.7 Å². The zero-order valence-electron chi connectivity index (χ0n) is 21.5. The highest BCUT2D eigenvalue weighted by atomic mass is 19.1. The molecule has 1 saturated heterocycles. The first-order chi connectivity index (χ1) is 18.4. The number of nitrogen functional groups attached to an aromatic ring is 1. The fourth-order valence-corrected chi connectivity index (χ4v) is 5.33. The predicted molar refractivity (Wildman–Crippen MR) is 142 cm³/mol. The molecule has 0 spiro atoms. The third-order valence-corrected chi connectivity index (χ3v) is 7.72. The number of carbonyl (C=O) groups is 2. The molecule has 1 aromatic heterocycles. The van der Waals surface area contributed by atoms with Gasteiger partial charge in [-0.15, -0.1) is 0 Å². The first-order valence-corrected chi connectivity index (χ1v) is 13.0. The Balaban J connectivity index is 1.29. The Bertz CT molecular complexity index is 1330. The number of ether oxygens (including phenoxy) is 1. The lowest BCUT2D eigenvalue weighted by molar-refractivity contribution is 0.0847. The minimum absolute atomic E-state index is 0.118. The Kier molecular flexibility index (Phi) is 7.33. The lowest BCUT2D eigenvalue weighted by atomic mass is 9.89. The lowest BCUT2D eigenvalue weighted by Gasteiger charge is -2.41. The molecule has 2 aliphatic rings. The molecule has 0 unspecified atom stereocenters. The molecule has 200 valence electrons. The van der Waals surface area contributed by atoms with Crippen molar-refractivity contribution in [1.82, 2.24) is 20.0 Å². The average molecular weight is 521 g/mol. The van der Waals surface area contributed by atoms with Gasteiger partial charge in [-0.3, -0.25) is 9.59 Å². The third-order valence-electron chi connectivity index (χ3n) is 7.72. The van der Waals surface area contributed by atoms with Gasteiger partial charge in [0.1, 0.15) is 28.6 Å². The molecule has 1 aliphatic heterocycles. The van der Waals surface area contributed by atoms with Crippen LogP contribution in [0.1, 0.15) is 64.4 Å². The van der Waals surface area contributed by atoms with Crippen LogP contribution < -0.4 is 21.5 Å². The summed E-state index contributed by atoms with van der Waals surface area (Å²) in [5.74, 6) is -0.990. The van der Waals surface area contributed by atoms with Crippen molar-refractivity contribution < 1.29 is 18.7 Å². The van der Waals surface area contributed by atoms with Gasteiger partial charge in [-0.2, -0.15) is 5.10 Å². The molecule has 1 aliphatic carbocycles. The van der Waals surface area contributed by atoms with Crippen LogP contribution in [0.25, 0.3) is 11.3 Å². The molecule has 10 heteroatoms. The van der Waals surface area contributed by atoms with Gasteiger partial charge in [0, 0.05) is 31.2 Å². The number of nitrogens with one attached hydrogen (secondary N) is 1. The minimum Gasteiger partial charge on any atom is -0.496 e. The highest BCUT2D eigenvalue weighted by molar-refractivity contribution is 6.03. The standard InChI is InChI=1S/C28H33FN6O3/c1-38-23-10-9-19(29)15-22(23)28(37)32-16-17-5-7-18(8-6-17)25-24(27(31)36)26(30)35(33-25)21-11-13-34(14-12-21)20-3-2-4-20/h5-10,15,20-21H,2-4,11-14,16,30H2,1H3,(H2,31,36)(H,32,37). The Morgan fingerprint density at radius 2 is 1.79 bits per heavy atom. The van der Waals surface area contributed by atoms with Crippen molar-refractivity contribution in [3.05, 3.63) is 65.0 Å². The molecule has 2 heterocycles. The monoisotopic (exact) mass is 520 g/mol. The summed E-state index contributed by atoms with van der Waals surface area (Å²) in [7, 11) is 1.43. The van der Waals surface area contributed by atoms with Gasteiger partial charge in [0.25, 0.3) is 11.8 Å². The Hall–Kier alpha value is -3.92. The number of nitrogens with zero attached hydrogens (tertiary/aromatic N) is 3. The van der Waals surface area contributed by atoms with Gasteiger partial charge in [0.2, 0.25) is 0 Å². The first-order valence-electron chi connectivity index (χ1n) is 13.0. The zero-order chi connectivity index (χ0) is 26.8. The van der Waals surface area contributed by atoms with Crippen molar-refractivity contribution >= 4 is 17.6 Å². The maximum absolute atomic E-state index is 13.6. The van der Waals surface area contributed by atoms with Crippen molar-refractivity contribution in [2.24, 2.45) is 5.73 Å². The van der Waals surface area contributed by atoms with Gasteiger partial charge in [-0.25, -0.2) is 9.07 Å². The van der Waals surface area contributed by atoms with Crippen LogP contribution in [0.2, 0.25) is 0 Å². The summed E-state index contributed by atoms with van der Waals surface area (Å²) >= 11 is 0. The summed E-state index contributed by atoms with van der Waals surface area (Å²) in [5, 5.41) is 7.53. The smallest absolute Gasteiger partial charge is 0.255 e. The molecule has 1 saturated carbocycles. The number of amides is 2. The van der Waals surface area contributed by atoms with Crippen LogP contribution in [0.3, 0.4) is 0 Å². The van der Waals surface area contributed by atoms with E-state index in [4.69, 9.17) is 21.3 Å². The van der Waals surface area contributed by atoms with Gasteiger partial charge in [0.05, 0.1) is 18.7 Å². The minimum atomic E-state index is -0.615. The summed E-state index contributed by atoms with van der Waals surface area (Å²) < 4.78 is 20.6. The second-order valence-corrected chi connectivity index (χ2v) is 9.99. The number of aromatic nitrogens is 2. The number of benzene rings is 2. The van der Waals surface area contributed by atoms with Crippen molar-refractivity contribution in [3.8, 4) is 17.0 Å². The second kappa shape index (κ2) is 10.8. The van der Waals surface area contributed by atoms with E-state index in [-0.39, 0.29) is 23.7 Å². The number of hydrogen-bond acceptors (Lipinski definition) is 6. The molecular formula is C28H33FN6O3. The van der Waals surface area contributed by atoms with Crippen LogP contribution in [0.4, 0.5) is 10.2 Å². The Morgan fingerprint density at radius 1 is 1.08 bits per heavy atom. The highest BCUT2D eigenvalue weighted by Gasteiger charge is 2.32. The quantitative estimate of drug-likeness (QED) is 0.417. The van der Waals surface area contributed by atoms with E-state index in [0.717, 1.165) is 37.6 Å². The van der Waals surface area contributed by atoms with Gasteiger partial charge < -0.3 is 26.4 Å². The SMILES string of the molecule is COc1ccc(F)cc1C(=O)NCc1ccc(-c2nn(C3CCN(C4CCC4)CC3)c(N)c2C(N)=O)cc1. The number of halogens is 1. The molecule has 5 N–H and O–H groups in total. The first kappa shape index (κ1) is 25.7. The normalized spacial score (nSPS) is 16.7. The molecule has 9 nitrogen and oxygen atoms in total. The molecular weight excluding hydrogens is 487 g/mol. The third kappa shape index (κ3) is 5.08. The lowest BCUT2D eigenvalue weighted by Crippen LogP contribution is -2.45. The van der Waals surface area contributed by atoms with E-state index in [1.54, 1.807) is 4.68 Å². The van der Waals surface area contributed by atoms with E-state index in [1.165, 1.54) is 38.5 Å². The van der Waals surface area contributed by atoms with E-state index >= 15 is 0 Å². The summed E-state index contributed by atoms with van der Waals surface area (Å²) in [4.78, 5) is 27.5. The Labute approximate surface area is 220 Å². The van der Waals surface area contributed by atoms with Crippen LogP contribution >= 0.6 is 0 Å². The molecule has 2 amide bonds. The van der Waals surface area contributed by atoms with Crippen molar-refractivity contribution in [1.29, 1.82) is 0 Å². The largest absolute Gasteiger partial charge is 0.496 e. The fraction of sp³-hybridized carbons (Fsp3) is 0.393. The predicted octanol–water partition coefficient (Wildman–Crippen LogP) is 3.50. The maximum atomic E-state index is 13.6. The number of likely N-dealkylation sites (tertiary alicyclic amines) is 1. The van der Waals surface area contributed by atoms with Crippen LogP contribution in [0, 0.1) is 5.82 Å². The number of anilines is 1. The molecule has 5 rings (SSSR count). The summed E-state index contributed by atoms with van der Waals surface area (Å²) in [5.41, 5.74) is 14.4. The van der Waals surface area contributed by atoms with E-state index in [2.05, 4.69) is 10.2 Å². The molecule has 0 radical (unpaired) electrons. The highest BCUT2D eigenvalue weighted by Crippen LogP contribution is 2.35. The van der Waals surface area contributed by atoms with Gasteiger partial charge in [0.15, 0.2) is 0 Å². The number of nitrogens with two attached hydrogens (primary N) is 2. The van der Waals surface area contributed by atoms with Crippen molar-refractivity contribution in [3.63, 3.8) is 0 Å². The molecule has 38 heavy (non-hydrogen) atoms. The number of hydrogen-bond donors (Lipinski definition) is 3. The summed E-state index contributed by atoms with van der Waals surface area (Å²) in [6.07, 6.45) is 5.73. The molecule has 0 atom stereocenters. The number of primary amides is 1. The topological polar surface area (TPSA) is 128 Å². The number of piperidine rings is 1. The van der Waals surface area contributed by atoms with Crippen LogP contribution in [0.15, 0.2) is 42.5 Å². The van der Waals surface area contributed by atoms with E-state index in [9.17, 15) is 14.0 Å². The zero-order valence-corrected chi connectivity index (χ0v) is 21.5. The molecule has 0 bridgehead atoms. The van der Waals surface area contributed by atoms with Gasteiger partial charge >= 0.3 is 0 Å². The number of carbonyl (C=O) groups excluding carboxylic acids is 2. The van der Waals surface area contributed by atoms with E-state index in [0.29, 0.717) is 28.9 Å². The molecule has 2 fully saturated rings. The van der Waals surface area contributed by atoms with E-state index < -0.39 is 17.6 Å². The summed E-state index contributed by atoms with van der Waals surface area (Å²) in [6.45, 7) is 2.22. The van der Waals surface area contributed by atoms with Crippen molar-refractivity contribution in [2.45, 2.75) is 50.7 Å². The van der Waals surface area contributed by atoms with Crippen LogP contribution in [0.5, 0.6) is 5.75 Å². The van der Waals surface area contributed by atoms with Crippen LogP contribution in [-0.4, -0.2) is 52.7 Å². The average Bonchev–Trinajstić information content (AvgIpc) is 3.24. The van der Waals surface area contributed by atoms with Crippen molar-refractivity contribution in [2.75, 3.05) is 25.9 Å². The van der Waals surface area contributed by atoms with Gasteiger partial charge in [-0.05, 0) is 49.4 Å². The maximum Gasteiger partial charge on any atom is 0.255 e. The summed E-state index contributed by atoms with van der Waals surface area (Å²) in [6, 6.07) is 11.9. The second-order valence-electron chi connectivity index (χ2n) is 9.99. The fourth-order valence-electron chi connectivity index (χ4n) is 5.33. The number of rotatable bonds is 8.